The summed E-state index contributed by atoms with van der Waals surface area (Å²) in [6.07, 6.45) is 0. The molecule has 0 spiro atoms. The molecule has 0 N–H and O–H groups in total. The Morgan fingerprint density at radius 2 is 1.86 bits per heavy atom. The number of imidazole rings is 1. The van der Waals surface area contributed by atoms with Crippen molar-refractivity contribution < 1.29 is 4.74 Å². The van der Waals surface area contributed by atoms with Crippen molar-refractivity contribution in [3.8, 4) is 11.4 Å². The smallest absolute Gasteiger partial charge is 0.132 e. The molecule has 0 saturated carbocycles. The van der Waals surface area contributed by atoms with E-state index < -0.39 is 0 Å². The predicted octanol–water partition coefficient (Wildman–Crippen LogP) is 4.99. The molecule has 1 unspecified atom stereocenters. The number of ether oxygens (including phenoxy) is 1. The van der Waals surface area contributed by atoms with E-state index >= 15 is 0 Å². The van der Waals surface area contributed by atoms with Crippen LogP contribution in [0.3, 0.4) is 0 Å². The lowest BCUT2D eigenvalue weighted by Crippen LogP contribution is -2.01. The number of aromatic nitrogens is 2. The molecule has 3 nitrogen and oxygen atoms in total. The third-order valence-electron chi connectivity index (χ3n) is 3.33. The lowest BCUT2D eigenvalue weighted by molar-refractivity contribution is 0.414. The summed E-state index contributed by atoms with van der Waals surface area (Å²) in [5, 5.41) is 0.453. The van der Waals surface area contributed by atoms with Crippen molar-refractivity contribution >= 4 is 34.2 Å². The molecule has 2 aromatic carbocycles. The van der Waals surface area contributed by atoms with Crippen molar-refractivity contribution in [1.29, 1.82) is 0 Å². The Morgan fingerprint density at radius 1 is 1.14 bits per heavy atom. The van der Waals surface area contributed by atoms with E-state index in [2.05, 4.69) is 4.98 Å². The van der Waals surface area contributed by atoms with Crippen molar-refractivity contribution in [2.45, 2.75) is 12.3 Å². The van der Waals surface area contributed by atoms with Gasteiger partial charge in [0.2, 0.25) is 0 Å². The SMILES string of the molecule is COc1ccc(-n2c(C(C)Cl)nc3cc(Cl)ccc32)cc1. The Balaban J connectivity index is 2.25. The average molecular weight is 321 g/mol. The minimum atomic E-state index is -0.210. The van der Waals surface area contributed by atoms with Gasteiger partial charge in [-0.15, -0.1) is 11.6 Å². The lowest BCUT2D eigenvalue weighted by atomic mass is 10.2. The van der Waals surface area contributed by atoms with Gasteiger partial charge in [0.15, 0.2) is 0 Å². The molecule has 5 heteroatoms. The topological polar surface area (TPSA) is 27.1 Å². The van der Waals surface area contributed by atoms with Gasteiger partial charge in [-0.1, -0.05) is 11.6 Å². The summed E-state index contributed by atoms with van der Waals surface area (Å²) in [6, 6.07) is 13.5. The van der Waals surface area contributed by atoms with E-state index in [1.165, 1.54) is 0 Å². The molecular formula is C16H14Cl2N2O. The number of benzene rings is 2. The number of methoxy groups -OCH3 is 1. The molecule has 0 fully saturated rings. The molecule has 0 aliphatic heterocycles. The fraction of sp³-hybridized carbons (Fsp3) is 0.188. The molecular weight excluding hydrogens is 307 g/mol. The number of halogens is 2. The number of fused-ring (bicyclic) bond motifs is 1. The van der Waals surface area contributed by atoms with E-state index in [-0.39, 0.29) is 5.38 Å². The molecule has 1 atom stereocenters. The zero-order valence-corrected chi connectivity index (χ0v) is 13.2. The highest BCUT2D eigenvalue weighted by Gasteiger charge is 2.16. The molecule has 0 bridgehead atoms. The first-order chi connectivity index (χ1) is 10.1. The molecule has 0 aliphatic rings. The molecule has 108 valence electrons. The monoisotopic (exact) mass is 320 g/mol. The van der Waals surface area contributed by atoms with Crippen LogP contribution >= 0.6 is 23.2 Å². The standard InChI is InChI=1S/C16H14Cl2N2O/c1-10(17)16-19-14-9-11(18)3-8-15(14)20(16)12-4-6-13(21-2)7-5-12/h3-10H,1-2H3. The number of nitrogens with zero attached hydrogens (tertiary/aromatic N) is 2. The molecule has 3 rings (SSSR count). The molecule has 3 aromatic rings. The Kier molecular flexibility index (Phi) is 3.79. The highest BCUT2D eigenvalue weighted by atomic mass is 35.5. The van der Waals surface area contributed by atoms with Crippen LogP contribution in [-0.4, -0.2) is 16.7 Å². The van der Waals surface area contributed by atoms with Crippen molar-refractivity contribution in [1.82, 2.24) is 9.55 Å². The minimum absolute atomic E-state index is 0.210. The zero-order valence-electron chi connectivity index (χ0n) is 11.7. The maximum atomic E-state index is 6.29. The van der Waals surface area contributed by atoms with Crippen LogP contribution in [0, 0.1) is 0 Å². The number of hydrogen-bond donors (Lipinski definition) is 0. The normalized spacial score (nSPS) is 12.6. The van der Waals surface area contributed by atoms with Crippen molar-refractivity contribution in [2.24, 2.45) is 0 Å². The lowest BCUT2D eigenvalue weighted by Gasteiger charge is -2.11. The van der Waals surface area contributed by atoms with Crippen LogP contribution in [0.5, 0.6) is 5.75 Å². The third kappa shape index (κ3) is 2.59. The second-order valence-electron chi connectivity index (χ2n) is 4.75. The maximum absolute atomic E-state index is 6.29. The molecule has 1 heterocycles. The van der Waals surface area contributed by atoms with E-state index in [1.54, 1.807) is 7.11 Å². The van der Waals surface area contributed by atoms with Crippen LogP contribution in [-0.2, 0) is 0 Å². The van der Waals surface area contributed by atoms with Gasteiger partial charge in [0.25, 0.3) is 0 Å². The first-order valence-electron chi connectivity index (χ1n) is 6.56. The maximum Gasteiger partial charge on any atom is 0.132 e. The van der Waals surface area contributed by atoms with Crippen LogP contribution in [0.25, 0.3) is 16.7 Å². The van der Waals surface area contributed by atoms with Gasteiger partial charge in [-0.05, 0) is 49.4 Å². The summed E-state index contributed by atoms with van der Waals surface area (Å²) >= 11 is 12.3. The van der Waals surface area contributed by atoms with E-state index in [0.717, 1.165) is 28.3 Å². The zero-order chi connectivity index (χ0) is 15.0. The number of alkyl halides is 1. The molecule has 21 heavy (non-hydrogen) atoms. The van der Waals surface area contributed by atoms with Gasteiger partial charge in [-0.3, -0.25) is 4.57 Å². The summed E-state index contributed by atoms with van der Waals surface area (Å²) in [5.74, 6) is 1.60. The molecule has 0 saturated heterocycles. The van der Waals surface area contributed by atoms with Gasteiger partial charge in [-0.25, -0.2) is 4.98 Å². The molecule has 0 amide bonds. The van der Waals surface area contributed by atoms with Crippen molar-refractivity contribution in [2.75, 3.05) is 7.11 Å². The van der Waals surface area contributed by atoms with E-state index in [1.807, 2.05) is 54.0 Å². The molecule has 1 aromatic heterocycles. The fourth-order valence-electron chi connectivity index (χ4n) is 2.34. The Hall–Kier alpha value is -1.71. The second-order valence-corrected chi connectivity index (χ2v) is 5.84. The van der Waals surface area contributed by atoms with Crippen molar-refractivity contribution in [3.63, 3.8) is 0 Å². The van der Waals surface area contributed by atoms with Crippen molar-refractivity contribution in [3.05, 3.63) is 53.3 Å². The van der Waals surface area contributed by atoms with Gasteiger partial charge < -0.3 is 4.74 Å². The summed E-state index contributed by atoms with van der Waals surface area (Å²) in [4.78, 5) is 4.61. The van der Waals surface area contributed by atoms with Gasteiger partial charge in [0.05, 0.1) is 23.5 Å². The summed E-state index contributed by atoms with van der Waals surface area (Å²) in [7, 11) is 1.65. The highest BCUT2D eigenvalue weighted by Crippen LogP contribution is 2.30. The molecule has 0 radical (unpaired) electrons. The van der Waals surface area contributed by atoms with E-state index in [0.29, 0.717) is 5.02 Å². The van der Waals surface area contributed by atoms with Crippen LogP contribution in [0.4, 0.5) is 0 Å². The van der Waals surface area contributed by atoms with Crippen LogP contribution in [0.1, 0.15) is 18.1 Å². The van der Waals surface area contributed by atoms with E-state index in [4.69, 9.17) is 27.9 Å². The van der Waals surface area contributed by atoms with Gasteiger partial charge in [-0.2, -0.15) is 0 Å². The number of rotatable bonds is 3. The van der Waals surface area contributed by atoms with Crippen LogP contribution < -0.4 is 4.74 Å². The quantitative estimate of drug-likeness (QED) is 0.636. The van der Waals surface area contributed by atoms with E-state index in [9.17, 15) is 0 Å². The van der Waals surface area contributed by atoms with Gasteiger partial charge in [0.1, 0.15) is 11.6 Å². The highest BCUT2D eigenvalue weighted by molar-refractivity contribution is 6.31. The Morgan fingerprint density at radius 3 is 2.48 bits per heavy atom. The second kappa shape index (κ2) is 5.58. The average Bonchev–Trinajstić information content (AvgIpc) is 2.86. The Bertz CT molecular complexity index is 779. The third-order valence-corrected chi connectivity index (χ3v) is 3.76. The predicted molar refractivity (Wildman–Crippen MR) is 86.9 cm³/mol. The van der Waals surface area contributed by atoms with Crippen LogP contribution in [0.15, 0.2) is 42.5 Å². The number of hydrogen-bond acceptors (Lipinski definition) is 2. The largest absolute Gasteiger partial charge is 0.497 e. The Labute approximate surface area is 133 Å². The molecule has 0 aliphatic carbocycles. The minimum Gasteiger partial charge on any atom is -0.497 e. The summed E-state index contributed by atoms with van der Waals surface area (Å²) < 4.78 is 7.24. The van der Waals surface area contributed by atoms with Crippen LogP contribution in [0.2, 0.25) is 5.02 Å². The summed E-state index contributed by atoms with van der Waals surface area (Å²) in [5.41, 5.74) is 2.80. The first kappa shape index (κ1) is 14.2. The van der Waals surface area contributed by atoms with Gasteiger partial charge >= 0.3 is 0 Å². The summed E-state index contributed by atoms with van der Waals surface area (Å²) in [6.45, 7) is 1.91. The van der Waals surface area contributed by atoms with Gasteiger partial charge in [0, 0.05) is 10.7 Å². The fourth-order valence-corrected chi connectivity index (χ4v) is 2.65. The first-order valence-corrected chi connectivity index (χ1v) is 7.38.